The SMILES string of the molecule is CC(=O)O.CC(=O)O.[CH2]C. The number of hydrogen-bond donors (Lipinski definition) is 2. The lowest BCUT2D eigenvalue weighted by Crippen LogP contribution is -1.78. The van der Waals surface area contributed by atoms with Crippen molar-refractivity contribution < 1.29 is 19.8 Å². The predicted molar refractivity (Wildman–Crippen MR) is 37.7 cm³/mol. The van der Waals surface area contributed by atoms with Crippen LogP contribution in [0.15, 0.2) is 0 Å². The molecule has 0 rings (SSSR count). The molecule has 0 saturated heterocycles. The molecular weight excluding hydrogens is 136 g/mol. The van der Waals surface area contributed by atoms with Gasteiger partial charge in [-0.05, 0) is 0 Å². The van der Waals surface area contributed by atoms with Crippen LogP contribution in [0.5, 0.6) is 0 Å². The van der Waals surface area contributed by atoms with Gasteiger partial charge in [-0.1, -0.05) is 13.8 Å². The fourth-order valence-corrected chi connectivity index (χ4v) is 0. The first-order chi connectivity index (χ1) is 4.46. The molecule has 0 aromatic heterocycles. The first kappa shape index (κ1) is 16.0. The zero-order chi connectivity index (χ0) is 9.15. The molecule has 2 N–H and O–H groups in total. The van der Waals surface area contributed by atoms with Gasteiger partial charge in [0.1, 0.15) is 0 Å². The Morgan fingerprint density at radius 2 is 1.00 bits per heavy atom. The zero-order valence-corrected chi connectivity index (χ0v) is 6.42. The molecule has 4 nitrogen and oxygen atoms in total. The summed E-state index contributed by atoms with van der Waals surface area (Å²) in [7, 11) is 0. The van der Waals surface area contributed by atoms with E-state index in [0.29, 0.717) is 0 Å². The van der Waals surface area contributed by atoms with E-state index in [9.17, 15) is 0 Å². The minimum Gasteiger partial charge on any atom is -0.481 e. The largest absolute Gasteiger partial charge is 0.481 e. The Hall–Kier alpha value is -1.06. The van der Waals surface area contributed by atoms with Gasteiger partial charge in [0.2, 0.25) is 0 Å². The van der Waals surface area contributed by atoms with Gasteiger partial charge >= 0.3 is 0 Å². The maximum Gasteiger partial charge on any atom is 0.300 e. The molecule has 0 heterocycles. The zero-order valence-electron chi connectivity index (χ0n) is 6.42. The van der Waals surface area contributed by atoms with Crippen LogP contribution in [0.4, 0.5) is 0 Å². The normalized spacial score (nSPS) is 5.60. The van der Waals surface area contributed by atoms with Crippen molar-refractivity contribution in [1.29, 1.82) is 0 Å². The summed E-state index contributed by atoms with van der Waals surface area (Å²) in [5.41, 5.74) is 0. The maximum absolute atomic E-state index is 9.00. The second-order valence-electron chi connectivity index (χ2n) is 1.04. The number of carbonyl (C=O) groups is 2. The topological polar surface area (TPSA) is 74.6 Å². The molecule has 0 aromatic carbocycles. The van der Waals surface area contributed by atoms with Crippen LogP contribution in [0, 0.1) is 6.92 Å². The van der Waals surface area contributed by atoms with Crippen LogP contribution in [0.3, 0.4) is 0 Å². The van der Waals surface area contributed by atoms with Crippen molar-refractivity contribution in [2.45, 2.75) is 20.8 Å². The quantitative estimate of drug-likeness (QED) is 0.539. The molecule has 0 saturated carbocycles. The Bertz CT molecular complexity index is 67.7. The summed E-state index contributed by atoms with van der Waals surface area (Å²) in [6, 6.07) is 0. The van der Waals surface area contributed by atoms with Gasteiger partial charge in [-0.2, -0.15) is 0 Å². The van der Waals surface area contributed by atoms with E-state index in [0.717, 1.165) is 13.8 Å². The fraction of sp³-hybridized carbons (Fsp3) is 0.500. The molecule has 0 atom stereocenters. The lowest BCUT2D eigenvalue weighted by molar-refractivity contribution is -0.135. The van der Waals surface area contributed by atoms with Crippen molar-refractivity contribution in [2.75, 3.05) is 0 Å². The first-order valence-corrected chi connectivity index (χ1v) is 2.56. The molecule has 0 aromatic rings. The summed E-state index contributed by atoms with van der Waals surface area (Å²) in [6.07, 6.45) is 0. The van der Waals surface area contributed by atoms with Crippen LogP contribution in [-0.4, -0.2) is 22.2 Å². The van der Waals surface area contributed by atoms with Gasteiger partial charge < -0.3 is 10.2 Å². The van der Waals surface area contributed by atoms with Crippen molar-refractivity contribution >= 4 is 11.9 Å². The highest BCUT2D eigenvalue weighted by atomic mass is 16.4. The second kappa shape index (κ2) is 15.7. The summed E-state index contributed by atoms with van der Waals surface area (Å²) in [6.45, 7) is 7.17. The van der Waals surface area contributed by atoms with Crippen LogP contribution < -0.4 is 0 Å². The van der Waals surface area contributed by atoms with Gasteiger partial charge in [-0.25, -0.2) is 0 Å². The molecule has 0 bridgehead atoms. The van der Waals surface area contributed by atoms with E-state index in [-0.39, 0.29) is 0 Å². The van der Waals surface area contributed by atoms with Crippen molar-refractivity contribution in [3.05, 3.63) is 6.92 Å². The third-order valence-electron chi connectivity index (χ3n) is 0. The molecule has 0 aliphatic carbocycles. The molecular formula is C6H13O4. The summed E-state index contributed by atoms with van der Waals surface area (Å²) in [4.78, 5) is 18.0. The van der Waals surface area contributed by atoms with Crippen molar-refractivity contribution in [2.24, 2.45) is 0 Å². The lowest BCUT2D eigenvalue weighted by atomic mass is 10.9. The number of rotatable bonds is 0. The minimum atomic E-state index is -0.833. The monoisotopic (exact) mass is 149 g/mol. The van der Waals surface area contributed by atoms with Crippen LogP contribution in [0.1, 0.15) is 20.8 Å². The van der Waals surface area contributed by atoms with Crippen LogP contribution in [0.2, 0.25) is 0 Å². The van der Waals surface area contributed by atoms with E-state index in [1.165, 1.54) is 0 Å². The molecule has 1 radical (unpaired) electrons. The Balaban J connectivity index is -0.0000000787. The molecule has 0 spiro atoms. The predicted octanol–water partition coefficient (Wildman–Crippen LogP) is 1.02. The highest BCUT2D eigenvalue weighted by Crippen LogP contribution is 1.42. The van der Waals surface area contributed by atoms with Gasteiger partial charge in [-0.3, -0.25) is 9.59 Å². The number of carboxylic acid groups (broad SMARTS) is 2. The summed E-state index contributed by atoms with van der Waals surface area (Å²) in [5.74, 6) is -1.67. The smallest absolute Gasteiger partial charge is 0.300 e. The second-order valence-corrected chi connectivity index (χ2v) is 1.04. The highest BCUT2D eigenvalue weighted by Gasteiger charge is 1.65. The molecule has 10 heavy (non-hydrogen) atoms. The van der Waals surface area contributed by atoms with E-state index >= 15 is 0 Å². The van der Waals surface area contributed by atoms with Crippen molar-refractivity contribution in [3.8, 4) is 0 Å². The average molecular weight is 149 g/mol. The first-order valence-electron chi connectivity index (χ1n) is 2.56. The van der Waals surface area contributed by atoms with E-state index in [1.54, 1.807) is 6.92 Å². The molecule has 0 amide bonds. The van der Waals surface area contributed by atoms with Crippen molar-refractivity contribution in [1.82, 2.24) is 0 Å². The maximum atomic E-state index is 9.00. The van der Waals surface area contributed by atoms with E-state index in [4.69, 9.17) is 19.8 Å². The fourth-order valence-electron chi connectivity index (χ4n) is 0. The van der Waals surface area contributed by atoms with Gasteiger partial charge in [0, 0.05) is 13.8 Å². The van der Waals surface area contributed by atoms with E-state index in [1.807, 2.05) is 0 Å². The third-order valence-corrected chi connectivity index (χ3v) is 0. The van der Waals surface area contributed by atoms with Crippen LogP contribution in [-0.2, 0) is 9.59 Å². The molecule has 0 unspecified atom stereocenters. The van der Waals surface area contributed by atoms with E-state index < -0.39 is 11.9 Å². The summed E-state index contributed by atoms with van der Waals surface area (Å²) in [5, 5.41) is 14.8. The van der Waals surface area contributed by atoms with Gasteiger partial charge in [0.25, 0.3) is 11.9 Å². The van der Waals surface area contributed by atoms with Crippen LogP contribution >= 0.6 is 0 Å². The third kappa shape index (κ3) is 218. The average Bonchev–Trinajstić information content (AvgIpc) is 1.66. The Morgan fingerprint density at radius 1 is 1.00 bits per heavy atom. The molecule has 61 valence electrons. The number of hydrogen-bond acceptors (Lipinski definition) is 2. The van der Waals surface area contributed by atoms with Gasteiger partial charge in [0.15, 0.2) is 0 Å². The standard InChI is InChI=1S/2C2H4O2.C2H5/c2*1-2(3)4;1-2/h2*1H3,(H,3,4);1H2,2H3. The van der Waals surface area contributed by atoms with Crippen molar-refractivity contribution in [3.63, 3.8) is 0 Å². The molecule has 0 aliphatic rings. The van der Waals surface area contributed by atoms with Gasteiger partial charge in [0.05, 0.1) is 0 Å². The summed E-state index contributed by atoms with van der Waals surface area (Å²) >= 11 is 0. The van der Waals surface area contributed by atoms with Crippen LogP contribution in [0.25, 0.3) is 0 Å². The Labute approximate surface area is 60.5 Å². The van der Waals surface area contributed by atoms with E-state index in [2.05, 4.69) is 6.92 Å². The number of carboxylic acids is 2. The molecule has 0 aliphatic heterocycles. The summed E-state index contributed by atoms with van der Waals surface area (Å²) < 4.78 is 0. The number of aliphatic carboxylic acids is 2. The Morgan fingerprint density at radius 3 is 1.00 bits per heavy atom. The molecule has 4 heteroatoms. The Kier molecular flexibility index (Phi) is 25.0. The minimum absolute atomic E-state index is 0.833. The van der Waals surface area contributed by atoms with Gasteiger partial charge in [-0.15, -0.1) is 0 Å². The highest BCUT2D eigenvalue weighted by molar-refractivity contribution is 5.63. The molecule has 0 fully saturated rings. The lowest BCUT2D eigenvalue weighted by Gasteiger charge is -1.59.